The summed E-state index contributed by atoms with van der Waals surface area (Å²) >= 11 is 0. The molecule has 0 unspecified atom stereocenters. The Morgan fingerprint density at radius 1 is 1.13 bits per heavy atom. The number of pyridine rings is 2. The summed E-state index contributed by atoms with van der Waals surface area (Å²) < 4.78 is 12.4. The van der Waals surface area contributed by atoms with Crippen molar-refractivity contribution in [1.29, 1.82) is 0 Å². The first kappa shape index (κ1) is 19.8. The van der Waals surface area contributed by atoms with Crippen molar-refractivity contribution in [2.75, 3.05) is 12.4 Å². The average molecular weight is 418 g/mol. The van der Waals surface area contributed by atoms with E-state index in [4.69, 9.17) is 15.2 Å². The molecule has 0 aliphatic carbocycles. The molecule has 0 bridgehead atoms. The largest absolute Gasteiger partial charge is 0.493 e. The van der Waals surface area contributed by atoms with Crippen molar-refractivity contribution in [1.82, 2.24) is 19.6 Å². The van der Waals surface area contributed by atoms with Crippen molar-refractivity contribution < 1.29 is 19.1 Å². The number of fused-ring (bicyclic) bond motifs is 1. The minimum absolute atomic E-state index is 0.114. The number of carbonyl (C=O) groups is 2. The van der Waals surface area contributed by atoms with E-state index in [1.165, 1.54) is 23.9 Å². The summed E-state index contributed by atoms with van der Waals surface area (Å²) in [7, 11) is 1.54. The van der Waals surface area contributed by atoms with Gasteiger partial charge >= 0.3 is 0 Å². The zero-order valence-corrected chi connectivity index (χ0v) is 16.5. The monoisotopic (exact) mass is 418 g/mol. The van der Waals surface area contributed by atoms with Gasteiger partial charge in [-0.15, -0.1) is 5.10 Å². The zero-order valence-electron chi connectivity index (χ0n) is 16.5. The van der Waals surface area contributed by atoms with Gasteiger partial charge in [0.1, 0.15) is 11.3 Å². The fourth-order valence-corrected chi connectivity index (χ4v) is 2.89. The molecule has 0 atom stereocenters. The van der Waals surface area contributed by atoms with E-state index >= 15 is 0 Å². The number of aromatic nitrogens is 4. The minimum atomic E-state index is -0.630. The summed E-state index contributed by atoms with van der Waals surface area (Å²) in [6, 6.07) is 13.5. The van der Waals surface area contributed by atoms with Gasteiger partial charge in [0.05, 0.1) is 13.5 Å². The molecule has 1 aromatic carbocycles. The first-order valence-corrected chi connectivity index (χ1v) is 9.24. The predicted molar refractivity (Wildman–Crippen MR) is 111 cm³/mol. The molecule has 3 aromatic heterocycles. The third kappa shape index (κ3) is 4.42. The lowest BCUT2D eigenvalue weighted by atomic mass is 10.1. The second-order valence-corrected chi connectivity index (χ2v) is 6.47. The first-order valence-electron chi connectivity index (χ1n) is 9.24. The normalized spacial score (nSPS) is 10.6. The Hall–Kier alpha value is -4.47. The minimum Gasteiger partial charge on any atom is -0.493 e. The maximum absolute atomic E-state index is 12.4. The topological polar surface area (TPSA) is 134 Å². The van der Waals surface area contributed by atoms with Crippen molar-refractivity contribution in [3.05, 3.63) is 72.1 Å². The standard InChI is InChI=1S/C21H18N6O4/c1-30-16-5-3-11-27-19(16)25-21(26-27)24-17(28)12-13-6-8-14(9-7-13)31-20-15(18(22)29)4-2-10-23-20/h2-11H,12H2,1H3,(H2,22,29)(H,24,26,28). The highest BCUT2D eigenvalue weighted by Gasteiger charge is 2.13. The third-order valence-electron chi connectivity index (χ3n) is 4.34. The number of nitrogens with zero attached hydrogens (tertiary/aromatic N) is 4. The highest BCUT2D eigenvalue weighted by molar-refractivity contribution is 5.95. The Balaban J connectivity index is 1.41. The van der Waals surface area contributed by atoms with Gasteiger partial charge < -0.3 is 15.2 Å². The van der Waals surface area contributed by atoms with Gasteiger partial charge in [0.15, 0.2) is 11.4 Å². The number of nitrogens with two attached hydrogens (primary N) is 1. The number of nitrogens with one attached hydrogen (secondary N) is 1. The lowest BCUT2D eigenvalue weighted by molar-refractivity contribution is -0.115. The van der Waals surface area contributed by atoms with E-state index in [0.29, 0.717) is 17.1 Å². The summed E-state index contributed by atoms with van der Waals surface area (Å²) in [5, 5.41) is 6.89. The second-order valence-electron chi connectivity index (χ2n) is 6.47. The molecule has 0 aliphatic rings. The summed E-state index contributed by atoms with van der Waals surface area (Å²) in [6.45, 7) is 0. The highest BCUT2D eigenvalue weighted by Crippen LogP contribution is 2.23. The van der Waals surface area contributed by atoms with Crippen molar-refractivity contribution >= 4 is 23.4 Å². The van der Waals surface area contributed by atoms with Gasteiger partial charge in [-0.25, -0.2) is 9.50 Å². The molecule has 0 saturated carbocycles. The molecule has 0 saturated heterocycles. The molecule has 31 heavy (non-hydrogen) atoms. The molecule has 3 heterocycles. The number of methoxy groups -OCH3 is 1. The average Bonchev–Trinajstić information content (AvgIpc) is 3.17. The molecule has 0 aliphatic heterocycles. The van der Waals surface area contributed by atoms with Crippen LogP contribution >= 0.6 is 0 Å². The molecule has 0 radical (unpaired) electrons. The van der Waals surface area contributed by atoms with Gasteiger partial charge in [0.25, 0.3) is 5.91 Å². The van der Waals surface area contributed by atoms with Crippen LogP contribution in [0.1, 0.15) is 15.9 Å². The Morgan fingerprint density at radius 3 is 2.68 bits per heavy atom. The van der Waals surface area contributed by atoms with Crippen LogP contribution in [-0.2, 0) is 11.2 Å². The van der Waals surface area contributed by atoms with Crippen LogP contribution < -0.4 is 20.5 Å². The Kier molecular flexibility index (Phi) is 5.43. The summed E-state index contributed by atoms with van der Waals surface area (Å²) in [4.78, 5) is 32.2. The van der Waals surface area contributed by atoms with Crippen LogP contribution in [-0.4, -0.2) is 38.5 Å². The van der Waals surface area contributed by atoms with Crippen molar-refractivity contribution in [3.63, 3.8) is 0 Å². The Bertz CT molecular complexity index is 1250. The van der Waals surface area contributed by atoms with E-state index in [1.54, 1.807) is 48.7 Å². The number of ether oxygens (including phenoxy) is 2. The van der Waals surface area contributed by atoms with Crippen LogP contribution in [0.25, 0.3) is 5.65 Å². The van der Waals surface area contributed by atoms with Crippen molar-refractivity contribution in [2.24, 2.45) is 5.73 Å². The summed E-state index contributed by atoms with van der Waals surface area (Å²) in [5.41, 5.74) is 6.77. The number of anilines is 1. The van der Waals surface area contributed by atoms with Gasteiger partial charge in [-0.2, -0.15) is 4.98 Å². The van der Waals surface area contributed by atoms with Gasteiger partial charge in [0.2, 0.25) is 17.7 Å². The number of amides is 2. The second kappa shape index (κ2) is 8.49. The molecular formula is C21H18N6O4. The first-order chi connectivity index (χ1) is 15.0. The highest BCUT2D eigenvalue weighted by atomic mass is 16.5. The quantitative estimate of drug-likeness (QED) is 0.470. The lowest BCUT2D eigenvalue weighted by Gasteiger charge is -2.08. The smallest absolute Gasteiger partial charge is 0.254 e. The van der Waals surface area contributed by atoms with E-state index in [0.717, 1.165) is 5.56 Å². The number of hydrogen-bond donors (Lipinski definition) is 2. The van der Waals surface area contributed by atoms with E-state index in [-0.39, 0.29) is 29.7 Å². The van der Waals surface area contributed by atoms with Crippen LogP contribution in [0, 0.1) is 0 Å². The third-order valence-corrected chi connectivity index (χ3v) is 4.34. The fraction of sp³-hybridized carbons (Fsp3) is 0.0952. The molecule has 10 heteroatoms. The van der Waals surface area contributed by atoms with E-state index in [2.05, 4.69) is 20.4 Å². The molecule has 10 nitrogen and oxygen atoms in total. The number of hydrogen-bond acceptors (Lipinski definition) is 7. The van der Waals surface area contributed by atoms with E-state index in [9.17, 15) is 9.59 Å². The van der Waals surface area contributed by atoms with Crippen LogP contribution in [0.5, 0.6) is 17.4 Å². The maximum atomic E-state index is 12.4. The lowest BCUT2D eigenvalue weighted by Crippen LogP contribution is -2.15. The number of primary amides is 1. The molecule has 4 aromatic rings. The Morgan fingerprint density at radius 2 is 1.94 bits per heavy atom. The van der Waals surface area contributed by atoms with Crippen molar-refractivity contribution in [2.45, 2.75) is 6.42 Å². The zero-order chi connectivity index (χ0) is 21.8. The van der Waals surface area contributed by atoms with Crippen LogP contribution in [0.15, 0.2) is 60.9 Å². The molecule has 2 amide bonds. The molecular weight excluding hydrogens is 400 g/mol. The van der Waals surface area contributed by atoms with Gasteiger partial charge in [-0.05, 0) is 42.0 Å². The van der Waals surface area contributed by atoms with Gasteiger partial charge in [-0.1, -0.05) is 12.1 Å². The molecule has 156 valence electrons. The summed E-state index contributed by atoms with van der Waals surface area (Å²) in [6.07, 6.45) is 3.33. The Labute approximate surface area is 176 Å². The van der Waals surface area contributed by atoms with Gasteiger partial charge in [-0.3, -0.25) is 14.9 Å². The van der Waals surface area contributed by atoms with Crippen LogP contribution in [0.3, 0.4) is 0 Å². The van der Waals surface area contributed by atoms with Crippen molar-refractivity contribution in [3.8, 4) is 17.4 Å². The molecule has 0 fully saturated rings. The SMILES string of the molecule is COc1cccn2nc(NC(=O)Cc3ccc(Oc4ncccc4C(N)=O)cc3)nc12. The maximum Gasteiger partial charge on any atom is 0.254 e. The number of benzene rings is 1. The van der Waals surface area contributed by atoms with Crippen LogP contribution in [0.4, 0.5) is 5.95 Å². The van der Waals surface area contributed by atoms with E-state index < -0.39 is 5.91 Å². The van der Waals surface area contributed by atoms with E-state index in [1.807, 2.05) is 0 Å². The molecule has 3 N–H and O–H groups in total. The predicted octanol–water partition coefficient (Wildman–Crippen LogP) is 2.21. The fourth-order valence-electron chi connectivity index (χ4n) is 2.89. The van der Waals surface area contributed by atoms with Crippen LogP contribution in [0.2, 0.25) is 0 Å². The summed E-state index contributed by atoms with van der Waals surface area (Å²) in [5.74, 6) is 0.411. The number of carbonyl (C=O) groups excluding carboxylic acids is 2. The van der Waals surface area contributed by atoms with Gasteiger partial charge in [0, 0.05) is 12.4 Å². The number of rotatable bonds is 7. The molecule has 0 spiro atoms. The molecule has 4 rings (SSSR count).